The molecule has 1 aromatic carbocycles. The molecule has 0 bridgehead atoms. The molecule has 0 spiro atoms. The van der Waals surface area contributed by atoms with E-state index < -0.39 is 0 Å². The first-order chi connectivity index (χ1) is 12.2. The summed E-state index contributed by atoms with van der Waals surface area (Å²) in [5.74, 6) is 1.58. The van der Waals surface area contributed by atoms with Gasteiger partial charge in [0.05, 0.1) is 18.8 Å². The lowest BCUT2D eigenvalue weighted by Gasteiger charge is -2.10. The Morgan fingerprint density at radius 1 is 1.28 bits per heavy atom. The quantitative estimate of drug-likeness (QED) is 0.534. The molecule has 0 aliphatic rings. The maximum atomic E-state index is 5.98. The Morgan fingerprint density at radius 2 is 2.12 bits per heavy atom. The first kappa shape index (κ1) is 17.0. The van der Waals surface area contributed by atoms with Crippen molar-refractivity contribution < 1.29 is 4.52 Å². The summed E-state index contributed by atoms with van der Waals surface area (Å²) < 4.78 is 7.06. The van der Waals surface area contributed by atoms with E-state index in [2.05, 4.69) is 30.9 Å². The second-order valence-electron chi connectivity index (χ2n) is 5.25. The lowest BCUT2D eigenvalue weighted by molar-refractivity contribution is 0.375. The van der Waals surface area contributed by atoms with Crippen LogP contribution in [0.3, 0.4) is 0 Å². The van der Waals surface area contributed by atoms with E-state index in [0.29, 0.717) is 35.8 Å². The maximum Gasteiger partial charge on any atom is 0.246 e. The van der Waals surface area contributed by atoms with Crippen LogP contribution in [0, 0.1) is 0 Å². The van der Waals surface area contributed by atoms with Crippen LogP contribution in [-0.4, -0.2) is 32.9 Å². The molecule has 130 valence electrons. The lowest BCUT2D eigenvalue weighted by atomic mass is 10.2. The molecule has 2 N–H and O–H groups in total. The molecule has 0 aliphatic carbocycles. The molecule has 0 unspecified atom stereocenters. The summed E-state index contributed by atoms with van der Waals surface area (Å²) in [6.07, 6.45) is 1.75. The summed E-state index contributed by atoms with van der Waals surface area (Å²) >= 11 is 5.98. The van der Waals surface area contributed by atoms with Gasteiger partial charge in [0.25, 0.3) is 0 Å². The minimum atomic E-state index is 0.360. The Balaban J connectivity index is 1.56. The van der Waals surface area contributed by atoms with Crippen LogP contribution in [0.4, 0.5) is 0 Å². The molecular weight excluding hydrogens is 342 g/mol. The Morgan fingerprint density at radius 3 is 2.84 bits per heavy atom. The van der Waals surface area contributed by atoms with Crippen molar-refractivity contribution in [3.8, 4) is 11.4 Å². The number of benzene rings is 1. The molecule has 3 aromatic rings. The van der Waals surface area contributed by atoms with Crippen LogP contribution < -0.4 is 10.6 Å². The summed E-state index contributed by atoms with van der Waals surface area (Å²) in [6, 6.07) is 9.25. The van der Waals surface area contributed by atoms with Gasteiger partial charge in [-0.3, -0.25) is 9.67 Å². The summed E-state index contributed by atoms with van der Waals surface area (Å²) in [7, 11) is 3.59. The van der Waals surface area contributed by atoms with Gasteiger partial charge < -0.3 is 15.2 Å². The van der Waals surface area contributed by atoms with Crippen molar-refractivity contribution in [2.24, 2.45) is 12.0 Å². The normalized spacial score (nSPS) is 11.6. The standard InChI is InChI=1S/C16H18ClN7O/c1-18-16(19-9-13-6-7-21-24(13)2)20-10-14-22-15(23-25-14)11-4-3-5-12(17)8-11/h3-8H,9-10H2,1-2H3,(H2,18,19,20). The van der Waals surface area contributed by atoms with Gasteiger partial charge in [-0.1, -0.05) is 28.9 Å². The number of aliphatic imine (C=N–C) groups is 1. The number of nitrogens with zero attached hydrogens (tertiary/aromatic N) is 5. The fourth-order valence-electron chi connectivity index (χ4n) is 2.20. The molecule has 0 atom stereocenters. The largest absolute Gasteiger partial charge is 0.351 e. The Labute approximate surface area is 149 Å². The molecule has 3 rings (SSSR count). The van der Waals surface area contributed by atoms with Gasteiger partial charge in [-0.25, -0.2) is 0 Å². The van der Waals surface area contributed by atoms with E-state index in [9.17, 15) is 0 Å². The van der Waals surface area contributed by atoms with E-state index in [-0.39, 0.29) is 0 Å². The fourth-order valence-corrected chi connectivity index (χ4v) is 2.39. The second-order valence-corrected chi connectivity index (χ2v) is 5.68. The average molecular weight is 360 g/mol. The highest BCUT2D eigenvalue weighted by Crippen LogP contribution is 2.19. The molecule has 2 heterocycles. The molecule has 0 amide bonds. The molecule has 0 fully saturated rings. The van der Waals surface area contributed by atoms with E-state index >= 15 is 0 Å². The highest BCUT2D eigenvalue weighted by atomic mass is 35.5. The summed E-state index contributed by atoms with van der Waals surface area (Å²) in [5.41, 5.74) is 1.85. The monoisotopic (exact) mass is 359 g/mol. The third-order valence-electron chi connectivity index (χ3n) is 3.54. The number of hydrogen-bond donors (Lipinski definition) is 2. The third-order valence-corrected chi connectivity index (χ3v) is 3.78. The summed E-state index contributed by atoms with van der Waals surface area (Å²) in [4.78, 5) is 8.52. The van der Waals surface area contributed by atoms with E-state index in [1.165, 1.54) is 0 Å². The number of aryl methyl sites for hydroxylation is 1. The van der Waals surface area contributed by atoms with Gasteiger partial charge in [0.2, 0.25) is 11.7 Å². The molecule has 2 aromatic heterocycles. The van der Waals surface area contributed by atoms with Gasteiger partial charge in [-0.05, 0) is 18.2 Å². The molecule has 0 aliphatic heterocycles. The van der Waals surface area contributed by atoms with E-state index in [1.807, 2.05) is 25.2 Å². The zero-order chi connectivity index (χ0) is 17.6. The van der Waals surface area contributed by atoms with Gasteiger partial charge in [-0.15, -0.1) is 0 Å². The third kappa shape index (κ3) is 4.36. The highest BCUT2D eigenvalue weighted by Gasteiger charge is 2.10. The van der Waals surface area contributed by atoms with Gasteiger partial charge >= 0.3 is 0 Å². The highest BCUT2D eigenvalue weighted by molar-refractivity contribution is 6.30. The molecule has 0 saturated heterocycles. The topological polar surface area (TPSA) is 93.2 Å². The molecule has 0 radical (unpaired) electrons. The summed E-state index contributed by atoms with van der Waals surface area (Å²) in [6.45, 7) is 0.965. The summed E-state index contributed by atoms with van der Waals surface area (Å²) in [5, 5.41) is 15.1. The predicted octanol–water partition coefficient (Wildman–Crippen LogP) is 1.99. The minimum absolute atomic E-state index is 0.360. The van der Waals surface area contributed by atoms with Crippen LogP contribution in [0.15, 0.2) is 46.0 Å². The van der Waals surface area contributed by atoms with Gasteiger partial charge in [0.15, 0.2) is 5.96 Å². The van der Waals surface area contributed by atoms with Crippen molar-refractivity contribution in [3.05, 3.63) is 53.1 Å². The van der Waals surface area contributed by atoms with E-state index in [0.717, 1.165) is 11.3 Å². The zero-order valence-corrected chi connectivity index (χ0v) is 14.7. The number of rotatable bonds is 5. The van der Waals surface area contributed by atoms with Crippen LogP contribution in [0.1, 0.15) is 11.6 Å². The number of halogens is 1. The fraction of sp³-hybridized carbons (Fsp3) is 0.250. The first-order valence-electron chi connectivity index (χ1n) is 7.65. The SMILES string of the molecule is CN=C(NCc1nc(-c2cccc(Cl)c2)no1)NCc1ccnn1C. The van der Waals surface area contributed by atoms with Crippen molar-refractivity contribution in [3.63, 3.8) is 0 Å². The molecular formula is C16H18ClN7O. The number of hydrogen-bond acceptors (Lipinski definition) is 5. The van der Waals surface area contributed by atoms with Crippen LogP contribution in [0.2, 0.25) is 5.02 Å². The Kier molecular flexibility index (Phi) is 5.30. The van der Waals surface area contributed by atoms with Crippen molar-refractivity contribution in [2.45, 2.75) is 13.1 Å². The average Bonchev–Trinajstić information content (AvgIpc) is 3.24. The number of aromatic nitrogens is 4. The molecule has 0 saturated carbocycles. The van der Waals surface area contributed by atoms with E-state index in [4.69, 9.17) is 16.1 Å². The smallest absolute Gasteiger partial charge is 0.246 e. The maximum absolute atomic E-state index is 5.98. The Hall–Kier alpha value is -2.87. The number of guanidine groups is 1. The van der Waals surface area contributed by atoms with Crippen molar-refractivity contribution in [2.75, 3.05) is 7.05 Å². The lowest BCUT2D eigenvalue weighted by Crippen LogP contribution is -2.36. The second kappa shape index (κ2) is 7.80. The van der Waals surface area contributed by atoms with Crippen molar-refractivity contribution in [1.29, 1.82) is 0 Å². The molecule has 9 heteroatoms. The van der Waals surface area contributed by atoms with Gasteiger partial charge in [-0.2, -0.15) is 10.1 Å². The van der Waals surface area contributed by atoms with Crippen molar-refractivity contribution in [1.82, 2.24) is 30.6 Å². The molecule has 8 nitrogen and oxygen atoms in total. The Bertz CT molecular complexity index is 871. The van der Waals surface area contributed by atoms with Gasteiger partial charge in [0, 0.05) is 30.9 Å². The van der Waals surface area contributed by atoms with Crippen LogP contribution in [0.5, 0.6) is 0 Å². The predicted molar refractivity (Wildman–Crippen MR) is 95.0 cm³/mol. The van der Waals surface area contributed by atoms with Crippen LogP contribution in [0.25, 0.3) is 11.4 Å². The minimum Gasteiger partial charge on any atom is -0.351 e. The van der Waals surface area contributed by atoms with E-state index in [1.54, 1.807) is 30.1 Å². The first-order valence-corrected chi connectivity index (χ1v) is 8.03. The molecule has 25 heavy (non-hydrogen) atoms. The van der Waals surface area contributed by atoms with Crippen LogP contribution in [-0.2, 0) is 20.1 Å². The van der Waals surface area contributed by atoms with Gasteiger partial charge in [0.1, 0.15) is 0 Å². The zero-order valence-electron chi connectivity index (χ0n) is 13.9. The van der Waals surface area contributed by atoms with Crippen LogP contribution >= 0.6 is 11.6 Å². The van der Waals surface area contributed by atoms with Crippen molar-refractivity contribution >= 4 is 17.6 Å². The number of nitrogens with one attached hydrogen (secondary N) is 2.